The van der Waals surface area contributed by atoms with Crippen LogP contribution < -0.4 is 0 Å². The predicted octanol–water partition coefficient (Wildman–Crippen LogP) is 1.48. The lowest BCUT2D eigenvalue weighted by Gasteiger charge is -2.36. The van der Waals surface area contributed by atoms with Crippen molar-refractivity contribution in [3.63, 3.8) is 0 Å². The molecule has 1 fully saturated rings. The lowest BCUT2D eigenvalue weighted by Crippen LogP contribution is -2.48. The van der Waals surface area contributed by atoms with Gasteiger partial charge in [0.05, 0.1) is 12.1 Å². The van der Waals surface area contributed by atoms with Crippen LogP contribution in [0.25, 0.3) is 0 Å². The molecule has 18 heavy (non-hydrogen) atoms. The van der Waals surface area contributed by atoms with Crippen molar-refractivity contribution in [3.8, 4) is 0 Å². The number of hydrogen-bond acceptors (Lipinski definition) is 3. The molecule has 1 unspecified atom stereocenters. The second kappa shape index (κ2) is 6.53. The van der Waals surface area contributed by atoms with E-state index in [9.17, 15) is 9.90 Å². The van der Waals surface area contributed by atoms with E-state index in [1.54, 1.807) is 13.8 Å². The molecule has 4 nitrogen and oxygen atoms in total. The van der Waals surface area contributed by atoms with Crippen molar-refractivity contribution >= 4 is 5.91 Å². The molecule has 1 saturated heterocycles. The molecule has 1 atom stereocenters. The highest BCUT2D eigenvalue weighted by Gasteiger charge is 2.26. The number of amides is 1. The summed E-state index contributed by atoms with van der Waals surface area (Å²) < 4.78 is 0. The van der Waals surface area contributed by atoms with Gasteiger partial charge in [0, 0.05) is 19.1 Å². The van der Waals surface area contributed by atoms with Crippen LogP contribution in [0.3, 0.4) is 0 Å². The predicted molar refractivity (Wildman–Crippen MR) is 73.4 cm³/mol. The summed E-state index contributed by atoms with van der Waals surface area (Å²) in [5.74, 6) is 0.202. The van der Waals surface area contributed by atoms with Crippen LogP contribution in [0.5, 0.6) is 0 Å². The highest BCUT2D eigenvalue weighted by Crippen LogP contribution is 2.19. The van der Waals surface area contributed by atoms with E-state index in [4.69, 9.17) is 0 Å². The van der Waals surface area contributed by atoms with Gasteiger partial charge in [-0.15, -0.1) is 0 Å². The third-order valence-electron chi connectivity index (χ3n) is 3.48. The Morgan fingerprint density at radius 2 is 2.11 bits per heavy atom. The van der Waals surface area contributed by atoms with Crippen LogP contribution in [0.1, 0.15) is 46.5 Å². The Kier molecular flexibility index (Phi) is 5.60. The van der Waals surface area contributed by atoms with E-state index in [1.807, 2.05) is 16.8 Å². The quantitative estimate of drug-likeness (QED) is 0.810. The summed E-state index contributed by atoms with van der Waals surface area (Å²) in [6, 6.07) is 0.418. The fourth-order valence-electron chi connectivity index (χ4n) is 2.79. The first-order valence-electron chi connectivity index (χ1n) is 7.04. The zero-order valence-corrected chi connectivity index (χ0v) is 12.3. The van der Waals surface area contributed by atoms with E-state index >= 15 is 0 Å². The highest BCUT2D eigenvalue weighted by molar-refractivity contribution is 5.78. The molecule has 1 aliphatic rings. The van der Waals surface area contributed by atoms with Crippen LogP contribution in [0.2, 0.25) is 0 Å². The van der Waals surface area contributed by atoms with Crippen molar-refractivity contribution < 1.29 is 9.90 Å². The molecule has 0 aliphatic carbocycles. The van der Waals surface area contributed by atoms with Gasteiger partial charge in [-0.2, -0.15) is 0 Å². The number of hydrogen-bond donors (Lipinski definition) is 1. The van der Waals surface area contributed by atoms with Gasteiger partial charge >= 0.3 is 0 Å². The maximum Gasteiger partial charge on any atom is 0.236 e. The fraction of sp³-hybridized carbons (Fsp3) is 0.929. The van der Waals surface area contributed by atoms with Gasteiger partial charge in [0.25, 0.3) is 0 Å². The maximum atomic E-state index is 12.3. The van der Waals surface area contributed by atoms with E-state index in [0.717, 1.165) is 25.8 Å². The monoisotopic (exact) mass is 256 g/mol. The van der Waals surface area contributed by atoms with Crippen LogP contribution >= 0.6 is 0 Å². The number of piperidine rings is 1. The molecule has 1 amide bonds. The molecule has 0 aromatic heterocycles. The second-order valence-corrected chi connectivity index (χ2v) is 6.13. The van der Waals surface area contributed by atoms with Crippen LogP contribution in [0.4, 0.5) is 0 Å². The van der Waals surface area contributed by atoms with Crippen LogP contribution in [0, 0.1) is 0 Å². The van der Waals surface area contributed by atoms with E-state index in [1.165, 1.54) is 6.42 Å². The maximum absolute atomic E-state index is 12.3. The molecule has 1 heterocycles. The Morgan fingerprint density at radius 3 is 2.67 bits per heavy atom. The Hall–Kier alpha value is -0.610. The molecule has 106 valence electrons. The number of carbonyl (C=O) groups is 1. The van der Waals surface area contributed by atoms with Crippen LogP contribution in [-0.4, -0.2) is 59.1 Å². The number of aliphatic hydroxyl groups is 1. The molecule has 0 aromatic rings. The summed E-state index contributed by atoms with van der Waals surface area (Å²) in [4.78, 5) is 16.2. The zero-order valence-electron chi connectivity index (χ0n) is 12.3. The molecule has 0 radical (unpaired) electrons. The minimum atomic E-state index is -0.749. The van der Waals surface area contributed by atoms with E-state index in [2.05, 4.69) is 6.92 Å². The Morgan fingerprint density at radius 1 is 1.44 bits per heavy atom. The van der Waals surface area contributed by atoms with E-state index in [-0.39, 0.29) is 5.91 Å². The Labute approximate surface area is 111 Å². The first-order chi connectivity index (χ1) is 8.33. The lowest BCUT2D eigenvalue weighted by molar-refractivity contribution is -0.136. The highest BCUT2D eigenvalue weighted by atomic mass is 16.3. The molecule has 4 heteroatoms. The number of likely N-dealkylation sites (N-methyl/N-ethyl adjacent to an activating group) is 1. The number of rotatable bonds is 5. The third-order valence-corrected chi connectivity index (χ3v) is 3.48. The normalized spacial score (nSPS) is 21.4. The third kappa shape index (κ3) is 4.94. The van der Waals surface area contributed by atoms with Gasteiger partial charge in [-0.05, 0) is 46.6 Å². The first-order valence-corrected chi connectivity index (χ1v) is 7.04. The largest absolute Gasteiger partial charge is 0.389 e. The lowest BCUT2D eigenvalue weighted by atomic mass is 10.00. The summed E-state index contributed by atoms with van der Waals surface area (Å²) in [5, 5.41) is 9.74. The van der Waals surface area contributed by atoms with E-state index < -0.39 is 5.60 Å². The van der Waals surface area contributed by atoms with Gasteiger partial charge in [-0.1, -0.05) is 6.92 Å². The Balaban J connectivity index is 2.48. The number of likely N-dealkylation sites (tertiary alicyclic amines) is 1. The minimum Gasteiger partial charge on any atom is -0.389 e. The van der Waals surface area contributed by atoms with Crippen molar-refractivity contribution in [1.82, 2.24) is 9.80 Å². The standard InChI is InChI=1S/C14H28N2O2/c1-5-12-8-6-7-9-16(12)13(17)10-15(4)11-14(2,3)18/h12,18H,5-11H2,1-4H3. The fourth-order valence-corrected chi connectivity index (χ4v) is 2.79. The molecule has 0 spiro atoms. The SMILES string of the molecule is CCC1CCCCN1C(=O)CN(C)CC(C)(C)O. The summed E-state index contributed by atoms with van der Waals surface area (Å²) in [5.41, 5.74) is -0.749. The summed E-state index contributed by atoms with van der Waals surface area (Å²) in [6.45, 7) is 7.50. The smallest absolute Gasteiger partial charge is 0.236 e. The van der Waals surface area contributed by atoms with Gasteiger partial charge in [0.15, 0.2) is 0 Å². The van der Waals surface area contributed by atoms with E-state index in [0.29, 0.717) is 19.1 Å². The molecule has 0 bridgehead atoms. The topological polar surface area (TPSA) is 43.8 Å². The zero-order chi connectivity index (χ0) is 13.8. The first kappa shape index (κ1) is 15.4. The average molecular weight is 256 g/mol. The number of carbonyl (C=O) groups excluding carboxylic acids is 1. The van der Waals surface area contributed by atoms with Crippen molar-refractivity contribution in [3.05, 3.63) is 0 Å². The van der Waals surface area contributed by atoms with Crippen LogP contribution in [-0.2, 0) is 4.79 Å². The molecule has 1 aliphatic heterocycles. The number of nitrogens with zero attached hydrogens (tertiary/aromatic N) is 2. The molecular weight excluding hydrogens is 228 g/mol. The molecule has 1 N–H and O–H groups in total. The average Bonchev–Trinajstić information content (AvgIpc) is 2.26. The van der Waals surface area contributed by atoms with Crippen molar-refractivity contribution in [1.29, 1.82) is 0 Å². The van der Waals surface area contributed by atoms with Crippen molar-refractivity contribution in [2.24, 2.45) is 0 Å². The van der Waals surface area contributed by atoms with Crippen LogP contribution in [0.15, 0.2) is 0 Å². The van der Waals surface area contributed by atoms with Crippen molar-refractivity contribution in [2.45, 2.75) is 58.1 Å². The summed E-state index contributed by atoms with van der Waals surface area (Å²) in [7, 11) is 1.89. The molecule has 0 aromatic carbocycles. The Bertz CT molecular complexity index is 273. The van der Waals surface area contributed by atoms with Gasteiger partial charge in [0.1, 0.15) is 0 Å². The summed E-state index contributed by atoms with van der Waals surface area (Å²) in [6.07, 6.45) is 4.54. The van der Waals surface area contributed by atoms with Gasteiger partial charge in [0.2, 0.25) is 5.91 Å². The molecule has 0 saturated carbocycles. The molecular formula is C14H28N2O2. The van der Waals surface area contributed by atoms with Gasteiger partial charge < -0.3 is 10.0 Å². The molecule has 1 rings (SSSR count). The second-order valence-electron chi connectivity index (χ2n) is 6.13. The van der Waals surface area contributed by atoms with Gasteiger partial charge in [-0.25, -0.2) is 0 Å². The van der Waals surface area contributed by atoms with Gasteiger partial charge in [-0.3, -0.25) is 9.69 Å². The summed E-state index contributed by atoms with van der Waals surface area (Å²) >= 11 is 0. The minimum absolute atomic E-state index is 0.202. The van der Waals surface area contributed by atoms with Crippen molar-refractivity contribution in [2.75, 3.05) is 26.7 Å².